The van der Waals surface area contributed by atoms with Crippen molar-refractivity contribution in [1.29, 1.82) is 4.78 Å². The third kappa shape index (κ3) is 6.46. The van der Waals surface area contributed by atoms with Crippen molar-refractivity contribution in [2.45, 2.75) is 31.0 Å². The molecule has 0 aliphatic carbocycles. The molecule has 0 bridgehead atoms. The maximum atomic E-state index is 13.6. The molecular weight excluding hydrogens is 421 g/mol. The van der Waals surface area contributed by atoms with Gasteiger partial charge in [0.15, 0.2) is 0 Å². The van der Waals surface area contributed by atoms with Gasteiger partial charge in [0.25, 0.3) is 0 Å². The van der Waals surface area contributed by atoms with Crippen LogP contribution in [0.1, 0.15) is 24.3 Å². The van der Waals surface area contributed by atoms with Crippen LogP contribution in [0.2, 0.25) is 0 Å². The zero-order valence-electron chi connectivity index (χ0n) is 15.9. The Morgan fingerprint density at radius 1 is 1.07 bits per heavy atom. The number of phenolic OH excluding ortho intramolecular Hbond substituents is 1. The number of nitrogens with one attached hydrogen (secondary N) is 1. The second-order valence-electron chi connectivity index (χ2n) is 6.98. The third-order valence-electron chi connectivity index (χ3n) is 4.74. The number of hydrogen-bond donors (Lipinski definition) is 4. The van der Waals surface area contributed by atoms with Crippen LogP contribution in [0, 0.1) is 4.78 Å². The van der Waals surface area contributed by atoms with Gasteiger partial charge in [-0.05, 0) is 30.0 Å². The lowest BCUT2D eigenvalue weighted by molar-refractivity contribution is -0.150. The van der Waals surface area contributed by atoms with Crippen LogP contribution in [-0.4, -0.2) is 44.1 Å². The van der Waals surface area contributed by atoms with E-state index >= 15 is 0 Å². The second kappa shape index (κ2) is 9.48. The third-order valence-corrected chi connectivity index (χ3v) is 6.53. The lowest BCUT2D eigenvalue weighted by Gasteiger charge is -2.22. The second-order valence-corrected chi connectivity index (χ2v) is 9.42. The SMILES string of the molecule is N=S(=O)(CCC(c1ccc(-c2ccccc2O)cc1)C(F)(F)F)CC[C@H](N)C(=O)O. The van der Waals surface area contributed by atoms with Crippen LogP contribution in [0.25, 0.3) is 11.1 Å². The van der Waals surface area contributed by atoms with E-state index in [2.05, 4.69) is 0 Å². The summed E-state index contributed by atoms with van der Waals surface area (Å²) in [5.41, 5.74) is 6.29. The molecule has 2 rings (SSSR count). The highest BCUT2D eigenvalue weighted by atomic mass is 32.2. The number of carbonyl (C=O) groups is 1. The van der Waals surface area contributed by atoms with Crippen molar-refractivity contribution in [3.63, 3.8) is 0 Å². The fourth-order valence-electron chi connectivity index (χ4n) is 2.98. The van der Waals surface area contributed by atoms with Crippen LogP contribution >= 0.6 is 0 Å². The van der Waals surface area contributed by atoms with E-state index in [1.807, 2.05) is 0 Å². The van der Waals surface area contributed by atoms with E-state index in [1.165, 1.54) is 30.3 Å². The first-order valence-electron chi connectivity index (χ1n) is 9.08. The number of phenols is 1. The molecule has 2 unspecified atom stereocenters. The van der Waals surface area contributed by atoms with Gasteiger partial charge in [0.1, 0.15) is 11.8 Å². The number of carboxylic acid groups (broad SMARTS) is 1. The minimum absolute atomic E-state index is 0.00568. The molecule has 3 atom stereocenters. The lowest BCUT2D eigenvalue weighted by Crippen LogP contribution is -2.32. The summed E-state index contributed by atoms with van der Waals surface area (Å²) in [5, 5.41) is 18.6. The Balaban J connectivity index is 2.15. The van der Waals surface area contributed by atoms with E-state index in [-0.39, 0.29) is 23.5 Å². The smallest absolute Gasteiger partial charge is 0.395 e. The first-order chi connectivity index (χ1) is 13.9. The monoisotopic (exact) mass is 444 g/mol. The molecule has 30 heavy (non-hydrogen) atoms. The number of para-hydroxylation sites is 1. The molecule has 0 saturated heterocycles. The molecule has 0 heterocycles. The molecule has 6 nitrogen and oxygen atoms in total. The Hall–Kier alpha value is -2.59. The number of nitrogens with two attached hydrogens (primary N) is 1. The van der Waals surface area contributed by atoms with Crippen molar-refractivity contribution >= 4 is 15.7 Å². The van der Waals surface area contributed by atoms with Gasteiger partial charge in [-0.3, -0.25) is 9.57 Å². The normalized spacial score (nSPS) is 15.9. The first kappa shape index (κ1) is 23.7. The number of carboxylic acids is 1. The van der Waals surface area contributed by atoms with Gasteiger partial charge >= 0.3 is 12.1 Å². The fraction of sp³-hybridized carbons (Fsp3) is 0.350. The number of alkyl halides is 3. The predicted molar refractivity (Wildman–Crippen MR) is 108 cm³/mol. The standard InChI is InChI=1S/C20H23F3N2O4S/c21-20(22,23)16(9-11-30(25,29)12-10-17(24)19(27)28)14-7-5-13(6-8-14)15-3-1-2-4-18(15)26/h1-8,16-17,25-26H,9-12,24H2,(H,27,28)/t16?,17-,30?/m0/s1. The van der Waals surface area contributed by atoms with Crippen molar-refractivity contribution in [1.82, 2.24) is 0 Å². The van der Waals surface area contributed by atoms with Gasteiger partial charge in [0, 0.05) is 26.8 Å². The van der Waals surface area contributed by atoms with Gasteiger partial charge in [0.2, 0.25) is 0 Å². The lowest BCUT2D eigenvalue weighted by atomic mass is 9.93. The topological polar surface area (TPSA) is 124 Å². The van der Waals surface area contributed by atoms with Crippen molar-refractivity contribution in [2.75, 3.05) is 11.5 Å². The summed E-state index contributed by atoms with van der Waals surface area (Å²) >= 11 is 0. The maximum absolute atomic E-state index is 13.6. The van der Waals surface area contributed by atoms with Gasteiger partial charge in [-0.2, -0.15) is 13.2 Å². The van der Waals surface area contributed by atoms with Crippen LogP contribution in [0.4, 0.5) is 13.2 Å². The molecule has 0 radical (unpaired) electrons. The molecule has 0 fully saturated rings. The number of halogens is 3. The highest BCUT2D eigenvalue weighted by molar-refractivity contribution is 7.92. The van der Waals surface area contributed by atoms with Crippen molar-refractivity contribution in [2.24, 2.45) is 5.73 Å². The number of rotatable bonds is 9. The summed E-state index contributed by atoms with van der Waals surface area (Å²) in [6.07, 6.45) is -5.42. The summed E-state index contributed by atoms with van der Waals surface area (Å²) in [4.78, 5) is 10.7. The van der Waals surface area contributed by atoms with E-state index in [1.54, 1.807) is 18.2 Å². The minimum Gasteiger partial charge on any atom is -0.507 e. The molecule has 2 aromatic rings. The molecule has 0 aliphatic heterocycles. The number of aromatic hydroxyl groups is 1. The zero-order valence-corrected chi connectivity index (χ0v) is 16.7. The van der Waals surface area contributed by atoms with E-state index < -0.39 is 46.0 Å². The summed E-state index contributed by atoms with van der Waals surface area (Å²) in [6.45, 7) is 0. The Labute approximate surface area is 172 Å². The highest BCUT2D eigenvalue weighted by Gasteiger charge is 2.40. The van der Waals surface area contributed by atoms with Crippen LogP contribution < -0.4 is 5.73 Å². The van der Waals surface area contributed by atoms with E-state index in [9.17, 15) is 27.3 Å². The van der Waals surface area contributed by atoms with Crippen LogP contribution in [0.5, 0.6) is 5.75 Å². The Bertz CT molecular complexity index is 976. The molecular formula is C20H23F3N2O4S. The number of aliphatic carboxylic acids is 1. The summed E-state index contributed by atoms with van der Waals surface area (Å²) in [6, 6.07) is 10.7. The maximum Gasteiger partial charge on any atom is 0.395 e. The zero-order chi connectivity index (χ0) is 22.5. The van der Waals surface area contributed by atoms with Crippen LogP contribution in [-0.2, 0) is 14.5 Å². The summed E-state index contributed by atoms with van der Waals surface area (Å²) < 4.78 is 60.8. The molecule has 5 N–H and O–H groups in total. The molecule has 0 spiro atoms. The summed E-state index contributed by atoms with van der Waals surface area (Å²) in [7, 11) is -3.41. The average molecular weight is 444 g/mol. The number of hydrogen-bond acceptors (Lipinski definition) is 5. The predicted octanol–water partition coefficient (Wildman–Crippen LogP) is 3.94. The van der Waals surface area contributed by atoms with Crippen molar-refractivity contribution < 1.29 is 32.4 Å². The van der Waals surface area contributed by atoms with E-state index in [0.717, 1.165) is 0 Å². The molecule has 2 aromatic carbocycles. The van der Waals surface area contributed by atoms with Crippen molar-refractivity contribution in [3.05, 3.63) is 54.1 Å². The summed E-state index contributed by atoms with van der Waals surface area (Å²) in [5.74, 6) is -4.13. The number of benzene rings is 2. The van der Waals surface area contributed by atoms with E-state index in [4.69, 9.17) is 15.6 Å². The molecule has 0 saturated carbocycles. The Morgan fingerprint density at radius 2 is 1.63 bits per heavy atom. The average Bonchev–Trinajstić information content (AvgIpc) is 2.66. The van der Waals surface area contributed by atoms with Crippen molar-refractivity contribution in [3.8, 4) is 16.9 Å². The highest BCUT2D eigenvalue weighted by Crippen LogP contribution is 2.39. The molecule has 10 heteroatoms. The van der Waals surface area contributed by atoms with Gasteiger partial charge in [0.05, 0.1) is 5.92 Å². The molecule has 0 aromatic heterocycles. The van der Waals surface area contributed by atoms with Gasteiger partial charge < -0.3 is 15.9 Å². The Kier molecular flexibility index (Phi) is 7.49. The fourth-order valence-corrected chi connectivity index (χ4v) is 4.44. The van der Waals surface area contributed by atoms with Gasteiger partial charge in [-0.1, -0.05) is 42.5 Å². The van der Waals surface area contributed by atoms with Gasteiger partial charge in [-0.25, -0.2) is 4.21 Å². The van der Waals surface area contributed by atoms with Crippen LogP contribution in [0.15, 0.2) is 48.5 Å². The van der Waals surface area contributed by atoms with Gasteiger partial charge in [-0.15, -0.1) is 0 Å². The molecule has 164 valence electrons. The first-order valence-corrected chi connectivity index (χ1v) is 11.0. The van der Waals surface area contributed by atoms with Crippen LogP contribution in [0.3, 0.4) is 0 Å². The molecule has 0 aliphatic rings. The minimum atomic E-state index is -4.61. The molecule has 0 amide bonds. The Morgan fingerprint density at radius 3 is 2.17 bits per heavy atom. The quantitative estimate of drug-likeness (QED) is 0.466. The van der Waals surface area contributed by atoms with E-state index in [0.29, 0.717) is 11.1 Å². The largest absolute Gasteiger partial charge is 0.507 e.